The van der Waals surface area contributed by atoms with Crippen LogP contribution in [0.15, 0.2) is 46.6 Å². The van der Waals surface area contributed by atoms with Gasteiger partial charge in [-0.2, -0.15) is 12.6 Å². The molecule has 1 aromatic rings. The second-order valence-corrected chi connectivity index (χ2v) is 8.02. The van der Waals surface area contributed by atoms with Gasteiger partial charge in [-0.15, -0.1) is 12.6 Å². The summed E-state index contributed by atoms with van der Waals surface area (Å²) in [5.74, 6) is 2.44. The minimum absolute atomic E-state index is 0.0491. The molecule has 0 spiro atoms. The fourth-order valence-corrected chi connectivity index (χ4v) is 3.81. The molecule has 22 heavy (non-hydrogen) atoms. The van der Waals surface area contributed by atoms with E-state index in [9.17, 15) is 0 Å². The highest BCUT2D eigenvalue weighted by Crippen LogP contribution is 2.50. The molecular weight excluding hydrogens is 308 g/mol. The maximum absolute atomic E-state index is 6.20. The van der Waals surface area contributed by atoms with Crippen LogP contribution in [0.1, 0.15) is 46.6 Å². The van der Waals surface area contributed by atoms with Crippen LogP contribution in [0.2, 0.25) is 0 Å². The van der Waals surface area contributed by atoms with Crippen molar-refractivity contribution in [2.75, 3.05) is 0 Å². The molecule has 0 amide bonds. The molecule has 1 heterocycles. The molecule has 2 rings (SSSR count). The van der Waals surface area contributed by atoms with Gasteiger partial charge in [0.25, 0.3) is 0 Å². The molecule has 1 aromatic carbocycles. The number of ether oxygens (including phenoxy) is 1. The van der Waals surface area contributed by atoms with Crippen molar-refractivity contribution in [3.8, 4) is 5.75 Å². The molecule has 0 saturated carbocycles. The fraction of sp³-hybridized carbons (Fsp3) is 0.474. The first-order valence-electron chi connectivity index (χ1n) is 7.86. The Labute approximate surface area is 145 Å². The van der Waals surface area contributed by atoms with Crippen LogP contribution in [0, 0.1) is 5.92 Å². The Morgan fingerprint density at radius 3 is 2.50 bits per heavy atom. The van der Waals surface area contributed by atoms with E-state index in [1.54, 1.807) is 0 Å². The Balaban J connectivity index is 2.67. The number of allylic oxidation sites excluding steroid dienone is 2. The Hall–Kier alpha value is -0.800. The second-order valence-electron chi connectivity index (χ2n) is 6.69. The van der Waals surface area contributed by atoms with Gasteiger partial charge in [-0.25, -0.2) is 0 Å². The van der Waals surface area contributed by atoms with E-state index in [0.29, 0.717) is 5.92 Å². The third-order valence-electron chi connectivity index (χ3n) is 4.14. The van der Waals surface area contributed by atoms with Gasteiger partial charge in [0.15, 0.2) is 0 Å². The normalized spacial score (nSPS) is 26.2. The highest BCUT2D eigenvalue weighted by atomic mass is 32.1. The van der Waals surface area contributed by atoms with Crippen molar-refractivity contribution in [1.29, 1.82) is 0 Å². The lowest BCUT2D eigenvalue weighted by atomic mass is 9.68. The molecule has 0 N–H and O–H groups in total. The second kappa shape index (κ2) is 6.76. The van der Waals surface area contributed by atoms with E-state index in [1.165, 1.54) is 11.1 Å². The van der Waals surface area contributed by atoms with E-state index in [0.717, 1.165) is 22.8 Å². The molecule has 0 aromatic heterocycles. The molecule has 3 heteroatoms. The molecule has 120 valence electrons. The number of thiol groups is 2. The van der Waals surface area contributed by atoms with Gasteiger partial charge >= 0.3 is 0 Å². The number of fused-ring (bicyclic) bond motifs is 1. The summed E-state index contributed by atoms with van der Waals surface area (Å²) in [6.45, 7) is 11.0. The van der Waals surface area contributed by atoms with Crippen LogP contribution in [-0.4, -0.2) is 5.25 Å². The molecule has 1 aliphatic rings. The van der Waals surface area contributed by atoms with Crippen LogP contribution in [0.3, 0.4) is 0 Å². The quantitative estimate of drug-likeness (QED) is 0.662. The van der Waals surface area contributed by atoms with Gasteiger partial charge < -0.3 is 4.74 Å². The molecule has 2 unspecified atom stereocenters. The topological polar surface area (TPSA) is 9.23 Å². The Bertz CT molecular complexity index is 614. The lowest BCUT2D eigenvalue weighted by Gasteiger charge is -2.41. The van der Waals surface area contributed by atoms with Crippen molar-refractivity contribution in [1.82, 2.24) is 0 Å². The predicted octanol–water partition coefficient (Wildman–Crippen LogP) is 5.82. The zero-order valence-electron chi connectivity index (χ0n) is 14.1. The van der Waals surface area contributed by atoms with Gasteiger partial charge in [-0.05, 0) is 44.4 Å². The summed E-state index contributed by atoms with van der Waals surface area (Å²) in [4.78, 5) is 0.924. The Morgan fingerprint density at radius 1 is 1.27 bits per heavy atom. The van der Waals surface area contributed by atoms with Crippen LogP contribution in [0.5, 0.6) is 5.75 Å². The zero-order chi connectivity index (χ0) is 16.5. The highest BCUT2D eigenvalue weighted by Gasteiger charge is 2.40. The van der Waals surface area contributed by atoms with Crippen LogP contribution in [0.4, 0.5) is 0 Å². The molecule has 1 nitrogen and oxygen atoms in total. The van der Waals surface area contributed by atoms with Crippen molar-refractivity contribution in [2.24, 2.45) is 5.92 Å². The van der Waals surface area contributed by atoms with Crippen LogP contribution in [0.25, 0.3) is 0 Å². The van der Waals surface area contributed by atoms with E-state index in [2.05, 4.69) is 78.1 Å². The number of hydrogen-bond donors (Lipinski definition) is 2. The molecule has 0 bridgehead atoms. The largest absolute Gasteiger partial charge is 0.457 e. The third-order valence-corrected chi connectivity index (χ3v) is 4.56. The molecular formula is C19H26OS2. The standard InChI is InChI=1S/C19H26OS2/c1-6-15-17(9-13(4)21)20-18-10-14(22)7-8-16(18)19(15,5)11-12(2)3/h6-10,12-13,21-22H,11H2,1-5H3/b15-6+,17-9+. The van der Waals surface area contributed by atoms with E-state index in [1.807, 2.05) is 12.1 Å². The lowest BCUT2D eigenvalue weighted by molar-refractivity contribution is 0.326. The van der Waals surface area contributed by atoms with Gasteiger partial charge in [0.1, 0.15) is 11.5 Å². The molecule has 0 radical (unpaired) electrons. The van der Waals surface area contributed by atoms with Crippen molar-refractivity contribution in [3.05, 3.63) is 47.2 Å². The van der Waals surface area contributed by atoms with Crippen molar-refractivity contribution in [2.45, 2.75) is 56.6 Å². The number of hydrogen-bond acceptors (Lipinski definition) is 3. The van der Waals surface area contributed by atoms with Gasteiger partial charge in [0.2, 0.25) is 0 Å². The summed E-state index contributed by atoms with van der Waals surface area (Å²) in [5, 5.41) is 0.147. The Kier molecular flexibility index (Phi) is 5.39. The monoisotopic (exact) mass is 334 g/mol. The fourth-order valence-electron chi connectivity index (χ4n) is 3.48. The highest BCUT2D eigenvalue weighted by molar-refractivity contribution is 7.81. The average molecular weight is 335 g/mol. The predicted molar refractivity (Wildman–Crippen MR) is 101 cm³/mol. The van der Waals surface area contributed by atoms with E-state index >= 15 is 0 Å². The SMILES string of the molecule is C/C=C1\C(=C/C(C)S)Oc2cc(S)ccc2C1(C)CC(C)C. The Morgan fingerprint density at radius 2 is 1.95 bits per heavy atom. The molecule has 0 saturated heterocycles. The number of rotatable bonds is 3. The van der Waals surface area contributed by atoms with Crippen LogP contribution in [-0.2, 0) is 5.41 Å². The third kappa shape index (κ3) is 3.41. The molecule has 1 aliphatic heterocycles. The van der Waals surface area contributed by atoms with Gasteiger partial charge in [0, 0.05) is 26.7 Å². The first kappa shape index (κ1) is 17.6. The van der Waals surface area contributed by atoms with E-state index in [-0.39, 0.29) is 10.7 Å². The molecule has 2 atom stereocenters. The maximum atomic E-state index is 6.20. The average Bonchev–Trinajstić information content (AvgIpc) is 2.36. The summed E-state index contributed by atoms with van der Waals surface area (Å²) in [6.07, 6.45) is 5.35. The summed E-state index contributed by atoms with van der Waals surface area (Å²) >= 11 is 8.97. The lowest BCUT2D eigenvalue weighted by Crippen LogP contribution is -2.33. The number of benzene rings is 1. The first-order valence-corrected chi connectivity index (χ1v) is 8.82. The van der Waals surface area contributed by atoms with Crippen molar-refractivity contribution in [3.63, 3.8) is 0 Å². The molecule has 0 fully saturated rings. The van der Waals surface area contributed by atoms with Gasteiger partial charge in [0.05, 0.1) is 0 Å². The summed E-state index contributed by atoms with van der Waals surface area (Å²) < 4.78 is 6.20. The zero-order valence-corrected chi connectivity index (χ0v) is 15.8. The smallest absolute Gasteiger partial charge is 0.132 e. The van der Waals surface area contributed by atoms with Crippen molar-refractivity contribution >= 4 is 25.3 Å². The summed E-state index contributed by atoms with van der Waals surface area (Å²) in [5.41, 5.74) is 2.45. The molecule has 0 aliphatic carbocycles. The van der Waals surface area contributed by atoms with Crippen molar-refractivity contribution < 1.29 is 4.74 Å². The van der Waals surface area contributed by atoms with E-state index < -0.39 is 0 Å². The van der Waals surface area contributed by atoms with Gasteiger partial charge in [-0.1, -0.05) is 32.9 Å². The summed E-state index contributed by atoms with van der Waals surface area (Å²) in [7, 11) is 0. The van der Waals surface area contributed by atoms with Crippen LogP contribution >= 0.6 is 25.3 Å². The van der Waals surface area contributed by atoms with Crippen LogP contribution < -0.4 is 4.74 Å². The van der Waals surface area contributed by atoms with E-state index in [4.69, 9.17) is 4.74 Å². The maximum Gasteiger partial charge on any atom is 0.132 e. The van der Waals surface area contributed by atoms with Gasteiger partial charge in [-0.3, -0.25) is 0 Å². The minimum Gasteiger partial charge on any atom is -0.457 e. The first-order chi connectivity index (χ1) is 10.3. The summed E-state index contributed by atoms with van der Waals surface area (Å²) in [6, 6.07) is 6.22. The minimum atomic E-state index is -0.0491.